The zero-order chi connectivity index (χ0) is 40.0. The summed E-state index contributed by atoms with van der Waals surface area (Å²) in [5.41, 5.74) is 8.75. The highest BCUT2D eigenvalue weighted by Gasteiger charge is 2.45. The number of carbonyl (C=O) groups is 4. The predicted octanol–water partition coefficient (Wildman–Crippen LogP) is 6.75. The average molecular weight is 821 g/mol. The molecule has 3 fully saturated rings. The lowest BCUT2D eigenvalue weighted by Crippen LogP contribution is -2.54. The number of nitrogens with two attached hydrogens (primary N) is 1. The minimum Gasteiger partial charge on any atom is -0.489 e. The van der Waals surface area contributed by atoms with E-state index < -0.39 is 41.3 Å². The van der Waals surface area contributed by atoms with Gasteiger partial charge in [-0.15, -0.1) is 0 Å². The van der Waals surface area contributed by atoms with E-state index in [1.807, 2.05) is 23.1 Å². The molecule has 2 aromatic heterocycles. The lowest BCUT2D eigenvalue weighted by atomic mass is 9.84. The van der Waals surface area contributed by atoms with Gasteiger partial charge >= 0.3 is 0 Å². The topological polar surface area (TPSA) is 153 Å². The molecule has 3 aliphatic heterocycles. The van der Waals surface area contributed by atoms with Crippen LogP contribution in [0.3, 0.4) is 0 Å². The van der Waals surface area contributed by atoms with Gasteiger partial charge in [0.1, 0.15) is 17.7 Å². The fraction of sp³-hybridized carbons (Fsp3) is 0.415. The summed E-state index contributed by atoms with van der Waals surface area (Å²) >= 11 is 12.3. The first-order valence-electron chi connectivity index (χ1n) is 19.3. The number of nitrogens with one attached hydrogen (secondary N) is 1. The van der Waals surface area contributed by atoms with Crippen molar-refractivity contribution >= 4 is 52.6 Å². The fourth-order valence-electron chi connectivity index (χ4n) is 8.68. The summed E-state index contributed by atoms with van der Waals surface area (Å²) in [6, 6.07) is 6.31. The standard InChI is InChI=1S/C41H41Cl2F2N7O5/c42-31-5-6-32(44)37(43)27(31)11-14-57-35-15-24(18-47-38(35)46)25-19-48-51(21-25)26-3-1-22(2-4-26)20-50-12-9-23(10-13-50)28-16-29-30(17-33(28)45)41(56)52(40(29)55)34-7-8-36(53)49-39(34)54/h5-6,15-19,21-23,26,34H,1-4,7-14,20H2,(H2,46,47)(H,49,53,54)/t22?,26?,34-/m1/s1. The normalized spacial score (nSPS) is 21.9. The second kappa shape index (κ2) is 16.1. The maximum absolute atomic E-state index is 15.5. The summed E-state index contributed by atoms with van der Waals surface area (Å²) in [5.74, 6) is -2.47. The van der Waals surface area contributed by atoms with Crippen LogP contribution in [0.2, 0.25) is 10.0 Å². The number of benzene rings is 2. The largest absolute Gasteiger partial charge is 0.489 e. The molecule has 0 bridgehead atoms. The van der Waals surface area contributed by atoms with Crippen LogP contribution in [-0.4, -0.2) is 80.5 Å². The number of imide groups is 2. The number of nitrogens with zero attached hydrogens (tertiary/aromatic N) is 5. The molecule has 1 aliphatic carbocycles. The zero-order valence-corrected chi connectivity index (χ0v) is 32.5. The quantitative estimate of drug-likeness (QED) is 0.131. The van der Waals surface area contributed by atoms with E-state index >= 15 is 4.39 Å². The Kier molecular flexibility index (Phi) is 11.0. The number of rotatable bonds is 10. The molecule has 0 unspecified atom stereocenters. The predicted molar refractivity (Wildman–Crippen MR) is 208 cm³/mol. The Morgan fingerprint density at radius 3 is 2.35 bits per heavy atom. The molecule has 5 heterocycles. The summed E-state index contributed by atoms with van der Waals surface area (Å²) < 4.78 is 37.3. The van der Waals surface area contributed by atoms with Gasteiger partial charge in [0.25, 0.3) is 11.8 Å². The van der Waals surface area contributed by atoms with E-state index in [0.29, 0.717) is 27.8 Å². The number of anilines is 1. The molecule has 1 atom stereocenters. The molecule has 8 rings (SSSR count). The van der Waals surface area contributed by atoms with Crippen LogP contribution in [0.15, 0.2) is 48.9 Å². The Labute approximate surface area is 337 Å². The molecule has 298 valence electrons. The smallest absolute Gasteiger partial charge is 0.262 e. The minimum atomic E-state index is -1.09. The second-order valence-electron chi connectivity index (χ2n) is 15.4. The van der Waals surface area contributed by atoms with Crippen molar-refractivity contribution in [3.8, 4) is 16.9 Å². The monoisotopic (exact) mass is 819 g/mol. The van der Waals surface area contributed by atoms with E-state index in [0.717, 1.165) is 80.3 Å². The van der Waals surface area contributed by atoms with Gasteiger partial charge in [-0.25, -0.2) is 13.8 Å². The maximum atomic E-state index is 15.5. The number of likely N-dealkylation sites (tertiary alicyclic amines) is 1. The number of ether oxygens (including phenoxy) is 1. The van der Waals surface area contributed by atoms with Crippen LogP contribution < -0.4 is 15.8 Å². The van der Waals surface area contributed by atoms with Crippen LogP contribution in [0.5, 0.6) is 5.75 Å². The van der Waals surface area contributed by atoms with E-state index in [2.05, 4.69) is 20.3 Å². The van der Waals surface area contributed by atoms with Crippen molar-refractivity contribution in [3.63, 3.8) is 0 Å². The minimum absolute atomic E-state index is 0.0214. The number of carbonyl (C=O) groups excluding carboxylic acids is 4. The fourth-order valence-corrected chi connectivity index (χ4v) is 9.24. The molecule has 16 heteroatoms. The molecule has 3 N–H and O–H groups in total. The Morgan fingerprint density at radius 1 is 0.877 bits per heavy atom. The molecular formula is C41H41Cl2F2N7O5. The number of pyridine rings is 1. The number of aromatic nitrogens is 3. The highest BCUT2D eigenvalue weighted by Crippen LogP contribution is 2.38. The van der Waals surface area contributed by atoms with Crippen molar-refractivity contribution in [1.29, 1.82) is 0 Å². The molecular weight excluding hydrogens is 779 g/mol. The molecule has 0 spiro atoms. The first kappa shape index (κ1) is 38.9. The Morgan fingerprint density at radius 2 is 1.61 bits per heavy atom. The third-order valence-corrected chi connectivity index (χ3v) is 12.6. The SMILES string of the molecule is Nc1ncc(-c2cnn(C3CCC(CN4CCC(c5cc6c(cc5F)C(=O)N([C@@H]5CCC(=O)NC5=O)C6=O)CC4)CC3)c2)cc1OCCc1c(Cl)ccc(F)c1Cl. The van der Waals surface area contributed by atoms with E-state index in [-0.39, 0.29) is 59.8 Å². The van der Waals surface area contributed by atoms with E-state index in [9.17, 15) is 23.6 Å². The molecule has 12 nitrogen and oxygen atoms in total. The zero-order valence-electron chi connectivity index (χ0n) is 31.0. The van der Waals surface area contributed by atoms with Gasteiger partial charge in [-0.05, 0) is 111 Å². The van der Waals surface area contributed by atoms with Gasteiger partial charge in [0.05, 0.1) is 35.0 Å². The van der Waals surface area contributed by atoms with Crippen molar-refractivity contribution in [1.82, 2.24) is 29.9 Å². The second-order valence-corrected chi connectivity index (χ2v) is 16.1. The third-order valence-electron chi connectivity index (χ3n) is 11.9. The summed E-state index contributed by atoms with van der Waals surface area (Å²) in [5, 5.41) is 7.21. The Balaban J connectivity index is 0.819. The van der Waals surface area contributed by atoms with Crippen LogP contribution in [0.25, 0.3) is 11.1 Å². The molecule has 2 aromatic carbocycles. The van der Waals surface area contributed by atoms with Crippen LogP contribution >= 0.6 is 23.2 Å². The van der Waals surface area contributed by atoms with Gasteiger partial charge < -0.3 is 15.4 Å². The van der Waals surface area contributed by atoms with Gasteiger partial charge in [-0.1, -0.05) is 23.2 Å². The van der Waals surface area contributed by atoms with E-state index in [4.69, 9.17) is 33.7 Å². The lowest BCUT2D eigenvalue weighted by Gasteiger charge is -2.37. The summed E-state index contributed by atoms with van der Waals surface area (Å²) in [6.45, 7) is 2.73. The Bertz CT molecular complexity index is 2250. The average Bonchev–Trinajstić information content (AvgIpc) is 3.78. The molecule has 4 aliphatic rings. The number of hydrogen-bond acceptors (Lipinski definition) is 9. The number of piperidine rings is 2. The van der Waals surface area contributed by atoms with Gasteiger partial charge in [0.2, 0.25) is 11.8 Å². The molecule has 1 saturated carbocycles. The van der Waals surface area contributed by atoms with Crippen molar-refractivity contribution < 1.29 is 32.7 Å². The van der Waals surface area contributed by atoms with Crippen LogP contribution in [0, 0.1) is 17.6 Å². The van der Waals surface area contributed by atoms with Crippen molar-refractivity contribution in [2.45, 2.75) is 75.8 Å². The maximum Gasteiger partial charge on any atom is 0.262 e. The summed E-state index contributed by atoms with van der Waals surface area (Å²) in [4.78, 5) is 58.1. The van der Waals surface area contributed by atoms with Crippen molar-refractivity contribution in [2.75, 3.05) is 32.0 Å². The molecule has 57 heavy (non-hydrogen) atoms. The first-order chi connectivity index (χ1) is 27.4. The van der Waals surface area contributed by atoms with Crippen LogP contribution in [0.1, 0.15) is 95.2 Å². The molecule has 2 saturated heterocycles. The molecule has 4 amide bonds. The van der Waals surface area contributed by atoms with Crippen molar-refractivity contribution in [3.05, 3.63) is 92.9 Å². The molecule has 4 aromatic rings. The van der Waals surface area contributed by atoms with Crippen LogP contribution in [0.4, 0.5) is 14.6 Å². The van der Waals surface area contributed by atoms with E-state index in [1.54, 1.807) is 6.20 Å². The highest BCUT2D eigenvalue weighted by molar-refractivity contribution is 6.36. The summed E-state index contributed by atoms with van der Waals surface area (Å²) in [6.07, 6.45) is 11.4. The number of nitrogen functional groups attached to an aromatic ring is 1. The highest BCUT2D eigenvalue weighted by atomic mass is 35.5. The third kappa shape index (κ3) is 7.86. The Hall–Kier alpha value is -4.92. The summed E-state index contributed by atoms with van der Waals surface area (Å²) in [7, 11) is 0. The number of amides is 4. The molecule has 0 radical (unpaired) electrons. The van der Waals surface area contributed by atoms with Crippen molar-refractivity contribution in [2.24, 2.45) is 5.92 Å². The lowest BCUT2D eigenvalue weighted by molar-refractivity contribution is -0.136. The first-order valence-corrected chi connectivity index (χ1v) is 20.0. The van der Waals surface area contributed by atoms with Gasteiger partial charge in [0.15, 0.2) is 11.6 Å². The van der Waals surface area contributed by atoms with Gasteiger partial charge in [-0.3, -0.25) is 34.1 Å². The van der Waals surface area contributed by atoms with E-state index in [1.165, 1.54) is 18.2 Å². The number of halogens is 4. The van der Waals surface area contributed by atoms with Gasteiger partial charge in [0, 0.05) is 47.9 Å². The number of fused-ring (bicyclic) bond motifs is 1. The van der Waals surface area contributed by atoms with Crippen LogP contribution in [-0.2, 0) is 16.0 Å². The number of hydrogen-bond donors (Lipinski definition) is 2. The van der Waals surface area contributed by atoms with Gasteiger partial charge in [-0.2, -0.15) is 5.10 Å².